The number of hydrogen-bond donors (Lipinski definition) is 0. The third-order valence-electron chi connectivity index (χ3n) is 3.28. The SMILES string of the molecule is CCCCN1C(=O)C(SCC)=C(c2ccc(Cl)cc2)C1=O. The molecule has 0 radical (unpaired) electrons. The molecule has 0 N–H and O–H groups in total. The van der Waals surface area contributed by atoms with E-state index in [1.54, 1.807) is 24.3 Å². The van der Waals surface area contributed by atoms with Crippen LogP contribution in [0.1, 0.15) is 32.3 Å². The molecule has 2 amide bonds. The number of unbranched alkanes of at least 4 members (excludes halogenated alkanes) is 1. The second kappa shape index (κ2) is 7.14. The first kappa shape index (κ1) is 16.1. The Morgan fingerprint density at radius 3 is 2.33 bits per heavy atom. The van der Waals surface area contributed by atoms with Crippen molar-refractivity contribution in [3.05, 3.63) is 39.8 Å². The third-order valence-corrected chi connectivity index (χ3v) is 4.49. The van der Waals surface area contributed by atoms with E-state index in [9.17, 15) is 9.59 Å². The highest BCUT2D eigenvalue weighted by atomic mass is 35.5. The van der Waals surface area contributed by atoms with E-state index >= 15 is 0 Å². The number of benzene rings is 1. The minimum absolute atomic E-state index is 0.162. The van der Waals surface area contributed by atoms with Crippen molar-refractivity contribution in [2.75, 3.05) is 12.3 Å². The lowest BCUT2D eigenvalue weighted by Gasteiger charge is -2.14. The molecule has 1 heterocycles. The van der Waals surface area contributed by atoms with E-state index in [1.165, 1.54) is 16.7 Å². The van der Waals surface area contributed by atoms with Gasteiger partial charge in [0.2, 0.25) is 0 Å². The summed E-state index contributed by atoms with van der Waals surface area (Å²) in [5.41, 5.74) is 1.27. The lowest BCUT2D eigenvalue weighted by atomic mass is 10.1. The standard InChI is InChI=1S/C16H18ClNO2S/c1-3-5-10-18-15(19)13(14(16(18)20)21-4-2)11-6-8-12(17)9-7-11/h6-9H,3-5,10H2,1-2H3. The number of nitrogens with zero attached hydrogens (tertiary/aromatic N) is 1. The quantitative estimate of drug-likeness (QED) is 0.743. The molecule has 0 aliphatic carbocycles. The fourth-order valence-electron chi connectivity index (χ4n) is 2.22. The number of carbonyl (C=O) groups excluding carboxylic acids is 2. The van der Waals surface area contributed by atoms with Gasteiger partial charge in [-0.05, 0) is 29.9 Å². The molecule has 0 aromatic heterocycles. The molecule has 0 saturated carbocycles. The molecular formula is C16H18ClNO2S. The Bertz CT molecular complexity index is 580. The number of hydrogen-bond acceptors (Lipinski definition) is 3. The average molecular weight is 324 g/mol. The summed E-state index contributed by atoms with van der Waals surface area (Å²) in [5, 5.41) is 0.614. The van der Waals surface area contributed by atoms with Crippen LogP contribution >= 0.6 is 23.4 Å². The van der Waals surface area contributed by atoms with E-state index in [-0.39, 0.29) is 11.8 Å². The molecule has 1 aliphatic heterocycles. The zero-order valence-corrected chi connectivity index (χ0v) is 13.8. The van der Waals surface area contributed by atoms with Gasteiger partial charge in [0.25, 0.3) is 11.8 Å². The van der Waals surface area contributed by atoms with Crippen molar-refractivity contribution in [2.45, 2.75) is 26.7 Å². The first-order valence-electron chi connectivity index (χ1n) is 7.09. The minimum Gasteiger partial charge on any atom is -0.274 e. The third kappa shape index (κ3) is 3.33. The summed E-state index contributed by atoms with van der Waals surface area (Å²) in [6, 6.07) is 7.07. The lowest BCUT2D eigenvalue weighted by molar-refractivity contribution is -0.136. The fraction of sp³-hybridized carbons (Fsp3) is 0.375. The Labute approximate surface area is 134 Å². The minimum atomic E-state index is -0.188. The molecule has 0 spiro atoms. The average Bonchev–Trinajstić information content (AvgIpc) is 2.70. The number of halogens is 1. The molecule has 112 valence electrons. The summed E-state index contributed by atoms with van der Waals surface area (Å²) in [6.45, 7) is 4.50. The van der Waals surface area contributed by atoms with Crippen LogP contribution in [0.4, 0.5) is 0 Å². The van der Waals surface area contributed by atoms with Gasteiger partial charge in [0.15, 0.2) is 0 Å². The first-order valence-corrected chi connectivity index (χ1v) is 8.45. The molecule has 0 unspecified atom stereocenters. The van der Waals surface area contributed by atoms with E-state index in [0.717, 1.165) is 24.2 Å². The van der Waals surface area contributed by atoms with Crippen LogP contribution in [0.15, 0.2) is 29.2 Å². The van der Waals surface area contributed by atoms with E-state index < -0.39 is 0 Å². The smallest absolute Gasteiger partial charge is 0.267 e. The highest BCUT2D eigenvalue weighted by molar-refractivity contribution is 8.04. The molecule has 5 heteroatoms. The molecule has 0 fully saturated rings. The Morgan fingerprint density at radius 2 is 1.76 bits per heavy atom. The lowest BCUT2D eigenvalue weighted by Crippen LogP contribution is -2.32. The predicted molar refractivity (Wildman–Crippen MR) is 88.1 cm³/mol. The maximum Gasteiger partial charge on any atom is 0.267 e. The van der Waals surface area contributed by atoms with E-state index in [4.69, 9.17) is 11.6 Å². The highest BCUT2D eigenvalue weighted by Crippen LogP contribution is 2.36. The van der Waals surface area contributed by atoms with Crippen LogP contribution in [0.25, 0.3) is 5.57 Å². The van der Waals surface area contributed by atoms with E-state index in [2.05, 4.69) is 0 Å². The highest BCUT2D eigenvalue weighted by Gasteiger charge is 2.38. The normalized spacial score (nSPS) is 15.3. The molecule has 2 rings (SSSR count). The van der Waals surface area contributed by atoms with Gasteiger partial charge in [-0.1, -0.05) is 44.0 Å². The Kier molecular flexibility index (Phi) is 5.48. The maximum atomic E-state index is 12.6. The van der Waals surface area contributed by atoms with Gasteiger partial charge >= 0.3 is 0 Å². The molecule has 0 bridgehead atoms. The number of imide groups is 1. The molecular weight excluding hydrogens is 306 g/mol. The Hall–Kier alpha value is -1.26. The van der Waals surface area contributed by atoms with Crippen molar-refractivity contribution < 1.29 is 9.59 Å². The van der Waals surface area contributed by atoms with Crippen LogP contribution in [0, 0.1) is 0 Å². The fourth-order valence-corrected chi connectivity index (χ4v) is 3.22. The van der Waals surface area contributed by atoms with E-state index in [1.807, 2.05) is 13.8 Å². The Balaban J connectivity index is 2.40. The zero-order valence-electron chi connectivity index (χ0n) is 12.2. The van der Waals surface area contributed by atoms with Crippen LogP contribution in [0.5, 0.6) is 0 Å². The van der Waals surface area contributed by atoms with Crippen LogP contribution in [-0.2, 0) is 9.59 Å². The van der Waals surface area contributed by atoms with Crippen LogP contribution < -0.4 is 0 Å². The summed E-state index contributed by atoms with van der Waals surface area (Å²) in [7, 11) is 0. The van der Waals surface area contributed by atoms with Gasteiger partial charge in [-0.25, -0.2) is 0 Å². The van der Waals surface area contributed by atoms with Gasteiger partial charge in [-0.3, -0.25) is 14.5 Å². The summed E-state index contributed by atoms with van der Waals surface area (Å²) in [5.74, 6) is 0.407. The molecule has 1 aromatic carbocycles. The van der Waals surface area contributed by atoms with Crippen molar-refractivity contribution in [1.82, 2.24) is 4.90 Å². The monoisotopic (exact) mass is 323 g/mol. The van der Waals surface area contributed by atoms with Crippen LogP contribution in [0.3, 0.4) is 0 Å². The van der Waals surface area contributed by atoms with Crippen LogP contribution in [-0.4, -0.2) is 29.0 Å². The molecule has 1 aromatic rings. The predicted octanol–water partition coefficient (Wildman–Crippen LogP) is 3.97. The maximum absolute atomic E-state index is 12.6. The number of amides is 2. The number of rotatable bonds is 6. The van der Waals surface area contributed by atoms with Crippen molar-refractivity contribution in [2.24, 2.45) is 0 Å². The second-order valence-corrected chi connectivity index (χ2v) is 6.47. The van der Waals surface area contributed by atoms with Gasteiger partial charge in [-0.2, -0.15) is 0 Å². The summed E-state index contributed by atoms with van der Waals surface area (Å²) in [4.78, 5) is 27.0. The van der Waals surface area contributed by atoms with Gasteiger partial charge in [0, 0.05) is 11.6 Å². The summed E-state index contributed by atoms with van der Waals surface area (Å²) in [6.07, 6.45) is 1.78. The topological polar surface area (TPSA) is 37.4 Å². The van der Waals surface area contributed by atoms with Crippen molar-refractivity contribution in [1.29, 1.82) is 0 Å². The second-order valence-electron chi connectivity index (χ2n) is 4.76. The van der Waals surface area contributed by atoms with Gasteiger partial charge < -0.3 is 0 Å². The summed E-state index contributed by atoms with van der Waals surface area (Å²) < 4.78 is 0. The molecule has 0 saturated heterocycles. The first-order chi connectivity index (χ1) is 10.1. The molecule has 21 heavy (non-hydrogen) atoms. The van der Waals surface area contributed by atoms with Crippen molar-refractivity contribution in [3.63, 3.8) is 0 Å². The number of carbonyl (C=O) groups is 2. The summed E-state index contributed by atoms with van der Waals surface area (Å²) >= 11 is 7.32. The number of thioether (sulfide) groups is 1. The van der Waals surface area contributed by atoms with Crippen molar-refractivity contribution in [3.8, 4) is 0 Å². The molecule has 1 aliphatic rings. The molecule has 0 atom stereocenters. The Morgan fingerprint density at radius 1 is 1.10 bits per heavy atom. The van der Waals surface area contributed by atoms with E-state index in [0.29, 0.717) is 22.0 Å². The molecule has 3 nitrogen and oxygen atoms in total. The zero-order chi connectivity index (χ0) is 15.4. The largest absolute Gasteiger partial charge is 0.274 e. The van der Waals surface area contributed by atoms with Crippen molar-refractivity contribution >= 4 is 40.8 Å². The van der Waals surface area contributed by atoms with Gasteiger partial charge in [0.05, 0.1) is 10.5 Å². The van der Waals surface area contributed by atoms with Gasteiger partial charge in [-0.15, -0.1) is 11.8 Å². The van der Waals surface area contributed by atoms with Gasteiger partial charge in [0.1, 0.15) is 0 Å². The van der Waals surface area contributed by atoms with Crippen LogP contribution in [0.2, 0.25) is 5.02 Å².